The lowest BCUT2D eigenvalue weighted by molar-refractivity contribution is -0.119. The summed E-state index contributed by atoms with van der Waals surface area (Å²) in [6, 6.07) is 4.72. The average Bonchev–Trinajstić information content (AvgIpc) is 3.07. The molecule has 2 fully saturated rings. The number of ether oxygens (including phenoxy) is 1. The maximum Gasteiger partial charge on any atom is 0.414 e. The van der Waals surface area contributed by atoms with Gasteiger partial charge in [-0.3, -0.25) is 9.69 Å². The van der Waals surface area contributed by atoms with Crippen LogP contribution in [0.1, 0.15) is 26.7 Å². The van der Waals surface area contributed by atoms with Crippen LogP contribution in [0.25, 0.3) is 0 Å². The van der Waals surface area contributed by atoms with Crippen molar-refractivity contribution in [1.82, 2.24) is 5.32 Å². The first-order chi connectivity index (χ1) is 13.9. The Balaban J connectivity index is 1.64. The molecule has 2 saturated heterocycles. The molecule has 0 aliphatic carbocycles. The van der Waals surface area contributed by atoms with Gasteiger partial charge in [-0.05, 0) is 44.0 Å². The fourth-order valence-corrected chi connectivity index (χ4v) is 3.52. The van der Waals surface area contributed by atoms with Crippen LogP contribution in [0, 0.1) is 5.82 Å². The van der Waals surface area contributed by atoms with Gasteiger partial charge < -0.3 is 20.2 Å². The molecule has 9 heteroatoms. The minimum Gasteiger partial charge on any atom is -0.442 e. The van der Waals surface area contributed by atoms with Crippen LogP contribution in [-0.4, -0.2) is 55.2 Å². The highest BCUT2D eigenvalue weighted by atomic mass is 19.1. The van der Waals surface area contributed by atoms with Crippen molar-refractivity contribution in [3.05, 3.63) is 35.7 Å². The Morgan fingerprint density at radius 3 is 2.72 bits per heavy atom. The number of rotatable bonds is 5. The van der Waals surface area contributed by atoms with E-state index in [1.165, 1.54) is 23.5 Å². The zero-order valence-corrected chi connectivity index (χ0v) is 16.5. The molecule has 2 amide bonds. The van der Waals surface area contributed by atoms with Crippen molar-refractivity contribution >= 4 is 29.1 Å². The van der Waals surface area contributed by atoms with Crippen LogP contribution >= 0.6 is 0 Å². The molecular weight excluding hydrogens is 379 g/mol. The van der Waals surface area contributed by atoms with Crippen LogP contribution in [0.5, 0.6) is 0 Å². The van der Waals surface area contributed by atoms with Crippen molar-refractivity contribution in [2.75, 3.05) is 36.0 Å². The van der Waals surface area contributed by atoms with Crippen molar-refractivity contribution in [3.8, 4) is 0 Å². The van der Waals surface area contributed by atoms with Gasteiger partial charge in [0.2, 0.25) is 5.91 Å². The summed E-state index contributed by atoms with van der Waals surface area (Å²) in [5.74, 6) is -0.602. The maximum atomic E-state index is 14.8. The average molecular weight is 404 g/mol. The zero-order valence-electron chi connectivity index (χ0n) is 16.5. The van der Waals surface area contributed by atoms with Crippen molar-refractivity contribution in [2.45, 2.75) is 32.8 Å². The molecule has 1 atom stereocenters. The topological polar surface area (TPSA) is 94.5 Å². The summed E-state index contributed by atoms with van der Waals surface area (Å²) >= 11 is 0. The number of benzene rings is 1. The van der Waals surface area contributed by atoms with E-state index in [4.69, 9.17) is 9.94 Å². The van der Waals surface area contributed by atoms with Gasteiger partial charge in [0.15, 0.2) is 0 Å². The number of piperidine rings is 1. The third-order valence-electron chi connectivity index (χ3n) is 5.01. The summed E-state index contributed by atoms with van der Waals surface area (Å²) < 4.78 is 20.0. The quantitative estimate of drug-likeness (QED) is 0.447. The minimum atomic E-state index is -0.554. The van der Waals surface area contributed by atoms with Crippen LogP contribution < -0.4 is 15.1 Å². The van der Waals surface area contributed by atoms with Crippen LogP contribution in [0.15, 0.2) is 35.0 Å². The van der Waals surface area contributed by atoms with E-state index in [9.17, 15) is 14.0 Å². The molecule has 0 bridgehead atoms. The van der Waals surface area contributed by atoms with E-state index in [2.05, 4.69) is 10.5 Å². The highest BCUT2D eigenvalue weighted by Crippen LogP contribution is 2.30. The van der Waals surface area contributed by atoms with Gasteiger partial charge in [0, 0.05) is 20.0 Å². The van der Waals surface area contributed by atoms with Crippen molar-refractivity contribution in [2.24, 2.45) is 5.16 Å². The Labute approximate surface area is 168 Å². The summed E-state index contributed by atoms with van der Waals surface area (Å²) in [5, 5.41) is 14.5. The number of carbonyl (C=O) groups is 2. The molecule has 2 aliphatic heterocycles. The second-order valence-corrected chi connectivity index (χ2v) is 7.22. The summed E-state index contributed by atoms with van der Waals surface area (Å²) in [7, 11) is 0. The van der Waals surface area contributed by atoms with E-state index in [0.29, 0.717) is 30.2 Å². The molecule has 156 valence electrons. The largest absolute Gasteiger partial charge is 0.442 e. The number of halogens is 1. The maximum absolute atomic E-state index is 14.8. The lowest BCUT2D eigenvalue weighted by Gasteiger charge is -2.31. The highest BCUT2D eigenvalue weighted by Gasteiger charge is 2.33. The molecule has 2 heterocycles. The number of nitrogens with one attached hydrogen (secondary N) is 1. The first kappa shape index (κ1) is 20.6. The monoisotopic (exact) mass is 404 g/mol. The standard InChI is InChI=1S/C20H25FN4O4/c1-13(23-28)9-15-5-7-24(8-6-15)19-4-3-16(10-18(19)21)25-12-17(29-20(25)27)11-22-14(2)26/h3-4,9-10,17,28H,5-8,11-12H2,1-2H3,(H,22,26)/t17-/m0/s1. The van der Waals surface area contributed by atoms with Crippen LogP contribution in [-0.2, 0) is 9.53 Å². The van der Waals surface area contributed by atoms with E-state index in [0.717, 1.165) is 12.8 Å². The first-order valence-corrected chi connectivity index (χ1v) is 9.52. The first-order valence-electron chi connectivity index (χ1n) is 9.52. The molecule has 8 nitrogen and oxygen atoms in total. The van der Waals surface area contributed by atoms with Crippen LogP contribution in [0.4, 0.5) is 20.6 Å². The van der Waals surface area contributed by atoms with Crippen LogP contribution in [0.3, 0.4) is 0 Å². The lowest BCUT2D eigenvalue weighted by Crippen LogP contribution is -2.33. The molecule has 1 aromatic carbocycles. The van der Waals surface area contributed by atoms with Gasteiger partial charge in [-0.15, -0.1) is 0 Å². The van der Waals surface area contributed by atoms with Crippen LogP contribution in [0.2, 0.25) is 0 Å². The second kappa shape index (κ2) is 8.93. The summed E-state index contributed by atoms with van der Waals surface area (Å²) in [6.45, 7) is 4.91. The Morgan fingerprint density at radius 1 is 1.38 bits per heavy atom. The zero-order chi connectivity index (χ0) is 21.0. The summed E-state index contributed by atoms with van der Waals surface area (Å²) in [4.78, 5) is 26.4. The molecular formula is C20H25FN4O4. The number of oxime groups is 1. The van der Waals surface area contributed by atoms with Gasteiger partial charge in [-0.1, -0.05) is 10.7 Å². The third-order valence-corrected chi connectivity index (χ3v) is 5.01. The second-order valence-electron chi connectivity index (χ2n) is 7.22. The number of amides is 2. The summed E-state index contributed by atoms with van der Waals surface area (Å²) in [6.07, 6.45) is 2.36. The van der Waals surface area contributed by atoms with E-state index < -0.39 is 18.0 Å². The van der Waals surface area contributed by atoms with E-state index in [1.54, 1.807) is 19.1 Å². The van der Waals surface area contributed by atoms with Gasteiger partial charge in [-0.25, -0.2) is 9.18 Å². The number of carbonyl (C=O) groups excluding carboxylic acids is 2. The normalized spacial score (nSPS) is 20.0. The van der Waals surface area contributed by atoms with Gasteiger partial charge >= 0.3 is 6.09 Å². The smallest absolute Gasteiger partial charge is 0.414 e. The Morgan fingerprint density at radius 2 is 2.10 bits per heavy atom. The molecule has 0 aromatic heterocycles. The minimum absolute atomic E-state index is 0.201. The fourth-order valence-electron chi connectivity index (χ4n) is 3.52. The SMILES string of the molecule is CC(=O)NC[C@H]1CN(c2ccc(N3CCC(=CC(C)=NO)CC3)c(F)c2)C(=O)O1. The highest BCUT2D eigenvalue weighted by molar-refractivity contribution is 5.93. The van der Waals surface area contributed by atoms with E-state index >= 15 is 0 Å². The number of anilines is 2. The Kier molecular flexibility index (Phi) is 6.36. The van der Waals surface area contributed by atoms with Crippen molar-refractivity contribution in [3.63, 3.8) is 0 Å². The number of allylic oxidation sites excluding steroid dienone is 1. The molecule has 2 aliphatic rings. The molecule has 0 spiro atoms. The van der Waals surface area contributed by atoms with E-state index in [1.807, 2.05) is 11.0 Å². The molecule has 1 aromatic rings. The Hall–Kier alpha value is -3.10. The molecule has 0 radical (unpaired) electrons. The molecule has 29 heavy (non-hydrogen) atoms. The molecule has 0 saturated carbocycles. The molecule has 0 unspecified atom stereocenters. The third kappa shape index (κ3) is 5.04. The van der Waals surface area contributed by atoms with Gasteiger partial charge in [-0.2, -0.15) is 0 Å². The van der Waals surface area contributed by atoms with Gasteiger partial charge in [0.25, 0.3) is 0 Å². The van der Waals surface area contributed by atoms with Gasteiger partial charge in [0.05, 0.1) is 30.2 Å². The fraction of sp³-hybridized carbons (Fsp3) is 0.450. The number of cyclic esters (lactones) is 1. The van der Waals surface area contributed by atoms with Crippen molar-refractivity contribution in [1.29, 1.82) is 0 Å². The summed E-state index contributed by atoms with van der Waals surface area (Å²) in [5.41, 5.74) is 2.63. The number of hydrogen-bond acceptors (Lipinski definition) is 6. The molecule has 2 N–H and O–H groups in total. The van der Waals surface area contributed by atoms with Crippen molar-refractivity contribution < 1.29 is 23.9 Å². The lowest BCUT2D eigenvalue weighted by atomic mass is 10.0. The predicted octanol–water partition coefficient (Wildman–Crippen LogP) is 2.66. The molecule has 3 rings (SSSR count). The van der Waals surface area contributed by atoms with E-state index in [-0.39, 0.29) is 19.0 Å². The Bertz CT molecular complexity index is 845. The van der Waals surface area contributed by atoms with Gasteiger partial charge in [0.1, 0.15) is 11.9 Å². The number of hydrogen-bond donors (Lipinski definition) is 2. The number of nitrogens with zero attached hydrogens (tertiary/aromatic N) is 3. The predicted molar refractivity (Wildman–Crippen MR) is 107 cm³/mol.